The number of amides is 2. The van der Waals surface area contributed by atoms with Crippen LogP contribution in [0.15, 0.2) is 48.5 Å². The van der Waals surface area contributed by atoms with E-state index in [1.54, 1.807) is 0 Å². The van der Waals surface area contributed by atoms with Crippen LogP contribution in [-0.2, 0) is 14.3 Å². The van der Waals surface area contributed by atoms with Gasteiger partial charge in [-0.25, -0.2) is 4.79 Å². The van der Waals surface area contributed by atoms with Crippen LogP contribution in [0, 0.1) is 17.8 Å². The molecule has 0 radical (unpaired) electrons. The lowest BCUT2D eigenvalue weighted by molar-refractivity contribution is -0.139. The number of nitrogens with zero attached hydrogens (tertiary/aromatic N) is 1. The third-order valence-corrected chi connectivity index (χ3v) is 7.56. The van der Waals surface area contributed by atoms with Crippen LogP contribution in [0.3, 0.4) is 0 Å². The summed E-state index contributed by atoms with van der Waals surface area (Å²) in [5.74, 6) is -0.501. The van der Waals surface area contributed by atoms with Crippen LogP contribution >= 0.6 is 0 Å². The number of nitrogens with one attached hydrogen (secondary N) is 1. The molecule has 3 aliphatic rings. The summed E-state index contributed by atoms with van der Waals surface area (Å²) >= 11 is 0. The van der Waals surface area contributed by atoms with Crippen molar-refractivity contribution in [3.05, 3.63) is 59.7 Å². The largest absolute Gasteiger partial charge is 0.481 e. The smallest absolute Gasteiger partial charge is 0.407 e. The van der Waals surface area contributed by atoms with Gasteiger partial charge in [0.25, 0.3) is 0 Å². The Kier molecular flexibility index (Phi) is 6.26. The van der Waals surface area contributed by atoms with Crippen molar-refractivity contribution in [2.24, 2.45) is 17.8 Å². The molecule has 2 N–H and O–H groups in total. The lowest BCUT2D eigenvalue weighted by Crippen LogP contribution is -2.37. The van der Waals surface area contributed by atoms with Crippen molar-refractivity contribution in [3.63, 3.8) is 0 Å². The van der Waals surface area contributed by atoms with E-state index in [-0.39, 0.29) is 36.2 Å². The molecule has 34 heavy (non-hydrogen) atoms. The molecule has 2 aromatic carbocycles. The molecule has 7 heteroatoms. The van der Waals surface area contributed by atoms with Gasteiger partial charge in [-0.1, -0.05) is 48.5 Å². The lowest BCUT2D eigenvalue weighted by Gasteiger charge is -2.26. The average Bonchev–Trinajstić information content (AvgIpc) is 3.50. The van der Waals surface area contributed by atoms with E-state index in [4.69, 9.17) is 4.74 Å². The molecule has 2 aliphatic carbocycles. The third kappa shape index (κ3) is 4.39. The highest BCUT2D eigenvalue weighted by atomic mass is 16.5. The molecule has 0 bridgehead atoms. The van der Waals surface area contributed by atoms with Crippen LogP contribution < -0.4 is 5.32 Å². The first-order chi connectivity index (χ1) is 16.5. The summed E-state index contributed by atoms with van der Waals surface area (Å²) in [5.41, 5.74) is 4.75. The number of likely N-dealkylation sites (tertiary alicyclic amines) is 1. The molecular formula is C27H30N2O5. The molecule has 178 valence electrons. The quantitative estimate of drug-likeness (QED) is 0.581. The van der Waals surface area contributed by atoms with E-state index >= 15 is 0 Å². The first-order valence-electron chi connectivity index (χ1n) is 12.1. The Morgan fingerprint density at radius 2 is 1.65 bits per heavy atom. The maximum absolute atomic E-state index is 12.5. The minimum absolute atomic E-state index is 0.0344. The number of aliphatic carboxylic acids is 1. The molecule has 0 aromatic heterocycles. The van der Waals surface area contributed by atoms with Crippen molar-refractivity contribution in [2.75, 3.05) is 26.2 Å². The number of fused-ring (bicyclic) bond motifs is 4. The summed E-state index contributed by atoms with van der Waals surface area (Å²) in [4.78, 5) is 37.7. The van der Waals surface area contributed by atoms with Gasteiger partial charge in [-0.2, -0.15) is 0 Å². The van der Waals surface area contributed by atoms with E-state index in [0.717, 1.165) is 6.42 Å². The van der Waals surface area contributed by atoms with Gasteiger partial charge in [-0.3, -0.25) is 9.59 Å². The van der Waals surface area contributed by atoms with Crippen LogP contribution in [0.1, 0.15) is 42.7 Å². The Morgan fingerprint density at radius 1 is 0.971 bits per heavy atom. The number of carbonyl (C=O) groups is 3. The Balaban J connectivity index is 1.01. The topological polar surface area (TPSA) is 95.9 Å². The molecule has 0 spiro atoms. The summed E-state index contributed by atoms with van der Waals surface area (Å²) in [6.45, 7) is 1.96. The van der Waals surface area contributed by atoms with Crippen molar-refractivity contribution < 1.29 is 24.2 Å². The zero-order valence-electron chi connectivity index (χ0n) is 19.1. The summed E-state index contributed by atoms with van der Waals surface area (Å²) in [6.07, 6.45) is 2.13. The second-order valence-electron chi connectivity index (χ2n) is 9.53. The van der Waals surface area contributed by atoms with Gasteiger partial charge in [0.1, 0.15) is 6.61 Å². The Hall–Kier alpha value is -3.35. The fraction of sp³-hybridized carbons (Fsp3) is 0.444. The lowest BCUT2D eigenvalue weighted by atomic mass is 9.98. The Labute approximate surface area is 199 Å². The number of hydrogen-bond donors (Lipinski definition) is 2. The highest BCUT2D eigenvalue weighted by Crippen LogP contribution is 2.51. The molecule has 1 aliphatic heterocycles. The molecule has 1 heterocycles. The number of carboxylic acid groups (broad SMARTS) is 1. The minimum Gasteiger partial charge on any atom is -0.481 e. The highest BCUT2D eigenvalue weighted by molar-refractivity contribution is 5.79. The SMILES string of the molecule is O=C(NCCCCC(=O)N1CC[C@H]2C(C(=O)O)[C@H]2C1)OCC1c2ccccc2-c2ccccc21. The first-order valence-corrected chi connectivity index (χ1v) is 12.1. The summed E-state index contributed by atoms with van der Waals surface area (Å²) in [6, 6.07) is 16.5. The number of benzene rings is 2. The zero-order chi connectivity index (χ0) is 23.7. The van der Waals surface area contributed by atoms with Gasteiger partial charge in [-0.15, -0.1) is 0 Å². The molecule has 1 saturated heterocycles. The second kappa shape index (κ2) is 9.49. The maximum atomic E-state index is 12.5. The average molecular weight is 463 g/mol. The molecule has 2 amide bonds. The number of carboxylic acids is 1. The molecule has 7 nitrogen and oxygen atoms in total. The molecule has 2 fully saturated rings. The van der Waals surface area contributed by atoms with Gasteiger partial charge in [0.2, 0.25) is 5.91 Å². The maximum Gasteiger partial charge on any atom is 0.407 e. The fourth-order valence-corrected chi connectivity index (χ4v) is 5.73. The number of hydrogen-bond acceptors (Lipinski definition) is 4. The van der Waals surface area contributed by atoms with Crippen LogP contribution in [0.25, 0.3) is 11.1 Å². The minimum atomic E-state index is -0.733. The zero-order valence-corrected chi connectivity index (χ0v) is 19.1. The molecule has 2 aromatic rings. The van der Waals surface area contributed by atoms with E-state index < -0.39 is 12.1 Å². The summed E-state index contributed by atoms with van der Waals surface area (Å²) in [7, 11) is 0. The Bertz CT molecular complexity index is 1050. The third-order valence-electron chi connectivity index (χ3n) is 7.56. The molecule has 1 unspecified atom stereocenters. The monoisotopic (exact) mass is 462 g/mol. The van der Waals surface area contributed by atoms with E-state index in [9.17, 15) is 19.5 Å². The van der Waals surface area contributed by atoms with Crippen LogP contribution in [0.5, 0.6) is 0 Å². The predicted octanol–water partition coefficient (Wildman–Crippen LogP) is 3.87. The van der Waals surface area contributed by atoms with Crippen molar-refractivity contribution in [3.8, 4) is 11.1 Å². The van der Waals surface area contributed by atoms with E-state index in [2.05, 4.69) is 29.6 Å². The molecule has 5 rings (SSSR count). The van der Waals surface area contributed by atoms with E-state index in [0.29, 0.717) is 38.9 Å². The van der Waals surface area contributed by atoms with Crippen LogP contribution in [0.2, 0.25) is 0 Å². The second-order valence-corrected chi connectivity index (χ2v) is 9.53. The Morgan fingerprint density at radius 3 is 2.32 bits per heavy atom. The summed E-state index contributed by atoms with van der Waals surface area (Å²) < 4.78 is 5.54. The number of ether oxygens (including phenoxy) is 1. The number of piperidine rings is 1. The van der Waals surface area contributed by atoms with Gasteiger partial charge >= 0.3 is 12.1 Å². The van der Waals surface area contributed by atoms with Crippen molar-refractivity contribution in [2.45, 2.75) is 31.6 Å². The van der Waals surface area contributed by atoms with Gasteiger partial charge in [0.15, 0.2) is 0 Å². The van der Waals surface area contributed by atoms with E-state index in [1.165, 1.54) is 22.3 Å². The first kappa shape index (κ1) is 22.4. The van der Waals surface area contributed by atoms with Crippen LogP contribution in [-0.4, -0.2) is 54.2 Å². The van der Waals surface area contributed by atoms with Gasteiger partial charge in [0, 0.05) is 32.0 Å². The van der Waals surface area contributed by atoms with Gasteiger partial charge < -0.3 is 20.1 Å². The fourth-order valence-electron chi connectivity index (χ4n) is 5.73. The van der Waals surface area contributed by atoms with E-state index in [1.807, 2.05) is 29.2 Å². The highest BCUT2D eigenvalue weighted by Gasteiger charge is 2.57. The molecular weight excluding hydrogens is 432 g/mol. The normalized spacial score (nSPS) is 22.4. The van der Waals surface area contributed by atoms with Crippen molar-refractivity contribution in [1.29, 1.82) is 0 Å². The molecule has 3 atom stereocenters. The van der Waals surface area contributed by atoms with Crippen LogP contribution in [0.4, 0.5) is 4.79 Å². The number of alkyl carbamates (subject to hydrolysis) is 1. The van der Waals surface area contributed by atoms with Crippen molar-refractivity contribution in [1.82, 2.24) is 10.2 Å². The van der Waals surface area contributed by atoms with Gasteiger partial charge in [-0.05, 0) is 53.4 Å². The predicted molar refractivity (Wildman–Crippen MR) is 126 cm³/mol. The standard InChI is InChI=1S/C27H30N2O5/c30-24(29-14-12-21-22(15-29)25(21)26(31)32)11-5-6-13-28-27(33)34-16-23-19-9-3-1-7-17(19)18-8-2-4-10-20(18)23/h1-4,7-10,21-23,25H,5-6,11-16H2,(H,28,33)(H,31,32)/t21-,22+,25?/m1/s1. The number of carbonyl (C=O) groups excluding carboxylic acids is 2. The van der Waals surface area contributed by atoms with Crippen molar-refractivity contribution >= 4 is 18.0 Å². The molecule has 1 saturated carbocycles. The van der Waals surface area contributed by atoms with Gasteiger partial charge in [0.05, 0.1) is 5.92 Å². The summed E-state index contributed by atoms with van der Waals surface area (Å²) in [5, 5.41) is 12.0. The number of unbranched alkanes of at least 4 members (excludes halogenated alkanes) is 1. The number of rotatable bonds is 8.